The van der Waals surface area contributed by atoms with Gasteiger partial charge >= 0.3 is 0 Å². The molecule has 1 saturated heterocycles. The number of aryl methyl sites for hydroxylation is 1. The summed E-state index contributed by atoms with van der Waals surface area (Å²) in [6, 6.07) is 19.9. The van der Waals surface area contributed by atoms with E-state index in [4.69, 9.17) is 19.3 Å². The molecule has 0 saturated carbocycles. The Balaban J connectivity index is 1.64. The van der Waals surface area contributed by atoms with E-state index in [-0.39, 0.29) is 12.7 Å². The molecule has 4 rings (SSSR count). The molecular formula is C28H35N3O4. The number of benzene rings is 2. The van der Waals surface area contributed by atoms with E-state index >= 15 is 0 Å². The minimum absolute atomic E-state index is 0.145. The van der Waals surface area contributed by atoms with Gasteiger partial charge in [0.2, 0.25) is 5.88 Å². The molecule has 1 N–H and O–H groups in total. The van der Waals surface area contributed by atoms with Crippen LogP contribution >= 0.6 is 0 Å². The Hall–Kier alpha value is -2.97. The van der Waals surface area contributed by atoms with Crippen LogP contribution in [0.2, 0.25) is 0 Å². The van der Waals surface area contributed by atoms with E-state index in [1.807, 2.05) is 55.6 Å². The Morgan fingerprint density at radius 2 is 1.94 bits per heavy atom. The number of aliphatic hydroxyl groups excluding tert-OH is 1. The Morgan fingerprint density at radius 3 is 2.63 bits per heavy atom. The average Bonchev–Trinajstić information content (AvgIpc) is 3.49. The maximum absolute atomic E-state index is 10.7. The van der Waals surface area contributed by atoms with Crippen molar-refractivity contribution in [1.82, 2.24) is 14.7 Å². The van der Waals surface area contributed by atoms with Gasteiger partial charge in [-0.05, 0) is 25.0 Å². The zero-order chi connectivity index (χ0) is 24.5. The summed E-state index contributed by atoms with van der Waals surface area (Å²) in [6.45, 7) is 6.84. The van der Waals surface area contributed by atoms with Crippen LogP contribution in [-0.4, -0.2) is 64.9 Å². The molecular weight excluding hydrogens is 442 g/mol. The van der Waals surface area contributed by atoms with Crippen LogP contribution in [0, 0.1) is 0 Å². The van der Waals surface area contributed by atoms with E-state index in [9.17, 15) is 5.11 Å². The van der Waals surface area contributed by atoms with Gasteiger partial charge in [-0.2, -0.15) is 5.10 Å². The summed E-state index contributed by atoms with van der Waals surface area (Å²) >= 11 is 0. The number of hydrogen-bond donors (Lipinski definition) is 1. The van der Waals surface area contributed by atoms with Crippen LogP contribution in [0.1, 0.15) is 18.4 Å². The molecule has 0 amide bonds. The first-order valence-corrected chi connectivity index (χ1v) is 12.2. The number of nitrogens with zero attached hydrogens (tertiary/aromatic N) is 3. The molecule has 3 aromatic rings. The van der Waals surface area contributed by atoms with Crippen LogP contribution in [0.4, 0.5) is 0 Å². The van der Waals surface area contributed by atoms with E-state index in [0.717, 1.165) is 42.0 Å². The lowest BCUT2D eigenvalue weighted by atomic mass is 10.1. The maximum Gasteiger partial charge on any atom is 0.222 e. The quantitative estimate of drug-likeness (QED) is 0.290. The third-order valence-corrected chi connectivity index (χ3v) is 5.98. The van der Waals surface area contributed by atoms with Crippen LogP contribution in [-0.2, 0) is 23.1 Å². The predicted molar refractivity (Wildman–Crippen MR) is 136 cm³/mol. The third kappa shape index (κ3) is 7.02. The highest BCUT2D eigenvalue weighted by Crippen LogP contribution is 2.34. The van der Waals surface area contributed by atoms with Crippen molar-refractivity contribution in [3.05, 3.63) is 78.9 Å². The van der Waals surface area contributed by atoms with Crippen molar-refractivity contribution in [2.75, 3.05) is 32.9 Å². The summed E-state index contributed by atoms with van der Waals surface area (Å²) in [5.41, 5.74) is 2.86. The largest absolute Gasteiger partial charge is 0.439 e. The van der Waals surface area contributed by atoms with Gasteiger partial charge in [-0.3, -0.25) is 4.90 Å². The first kappa shape index (κ1) is 25.1. The van der Waals surface area contributed by atoms with E-state index in [0.29, 0.717) is 32.1 Å². The molecule has 2 unspecified atom stereocenters. The molecule has 0 bridgehead atoms. The number of ether oxygens (including phenoxy) is 3. The highest BCUT2D eigenvalue weighted by Gasteiger charge is 2.26. The fourth-order valence-electron chi connectivity index (χ4n) is 4.39. The number of rotatable bonds is 13. The van der Waals surface area contributed by atoms with Crippen molar-refractivity contribution in [3.8, 4) is 22.9 Å². The Labute approximate surface area is 207 Å². The normalized spacial score (nSPS) is 16.5. The summed E-state index contributed by atoms with van der Waals surface area (Å²) in [7, 11) is 1.90. The van der Waals surface area contributed by atoms with Crippen LogP contribution in [0.3, 0.4) is 0 Å². The summed E-state index contributed by atoms with van der Waals surface area (Å²) < 4.78 is 19.6. The minimum atomic E-state index is -0.633. The second kappa shape index (κ2) is 12.7. The van der Waals surface area contributed by atoms with Crippen molar-refractivity contribution in [2.45, 2.75) is 31.6 Å². The molecule has 2 atom stereocenters. The van der Waals surface area contributed by atoms with Gasteiger partial charge in [0.25, 0.3) is 0 Å². The lowest BCUT2D eigenvalue weighted by molar-refractivity contribution is 0.00845. The summed E-state index contributed by atoms with van der Waals surface area (Å²) in [5.74, 6) is 1.43. The van der Waals surface area contributed by atoms with Crippen molar-refractivity contribution in [2.24, 2.45) is 7.05 Å². The summed E-state index contributed by atoms with van der Waals surface area (Å²) in [4.78, 5) is 2.22. The molecule has 1 fully saturated rings. The Morgan fingerprint density at radius 1 is 1.20 bits per heavy atom. The molecule has 0 aliphatic carbocycles. The summed E-state index contributed by atoms with van der Waals surface area (Å²) in [5, 5.41) is 15.5. The molecule has 2 aromatic carbocycles. The minimum Gasteiger partial charge on any atom is -0.439 e. The number of hydrogen-bond acceptors (Lipinski definition) is 6. The Bertz CT molecular complexity index is 1050. The van der Waals surface area contributed by atoms with Crippen LogP contribution in [0.25, 0.3) is 11.3 Å². The topological polar surface area (TPSA) is 69.0 Å². The van der Waals surface area contributed by atoms with Crippen molar-refractivity contribution < 1.29 is 19.3 Å². The van der Waals surface area contributed by atoms with Crippen molar-refractivity contribution in [1.29, 1.82) is 0 Å². The molecule has 35 heavy (non-hydrogen) atoms. The smallest absolute Gasteiger partial charge is 0.222 e. The van der Waals surface area contributed by atoms with Gasteiger partial charge in [-0.25, -0.2) is 4.68 Å². The van der Waals surface area contributed by atoms with Crippen molar-refractivity contribution in [3.63, 3.8) is 0 Å². The number of para-hydroxylation sites is 1. The summed E-state index contributed by atoms with van der Waals surface area (Å²) in [6.07, 6.45) is 3.28. The van der Waals surface area contributed by atoms with Gasteiger partial charge in [0.05, 0.1) is 31.0 Å². The zero-order valence-corrected chi connectivity index (χ0v) is 20.4. The van der Waals surface area contributed by atoms with E-state index in [1.54, 1.807) is 10.8 Å². The van der Waals surface area contributed by atoms with Gasteiger partial charge in [-0.15, -0.1) is 6.58 Å². The molecule has 1 aliphatic heterocycles. The standard InChI is InChI=1S/C28H35N3O4/c1-3-16-33-21-23(32)18-31(19-25-15-10-17-34-25)20-26-27(22-11-6-4-7-12-22)29-30(2)28(26)35-24-13-8-5-9-14-24/h3-9,11-14,23,25,32H,1,10,15-21H2,2H3. The fourth-order valence-corrected chi connectivity index (χ4v) is 4.39. The van der Waals surface area contributed by atoms with Crippen LogP contribution in [0.15, 0.2) is 73.3 Å². The van der Waals surface area contributed by atoms with Gasteiger partial charge < -0.3 is 19.3 Å². The average molecular weight is 478 g/mol. The number of aromatic nitrogens is 2. The van der Waals surface area contributed by atoms with Crippen molar-refractivity contribution >= 4 is 0 Å². The Kier molecular flexibility index (Phi) is 9.08. The van der Waals surface area contributed by atoms with Crippen LogP contribution in [0.5, 0.6) is 11.6 Å². The first-order chi connectivity index (χ1) is 17.1. The molecule has 7 nitrogen and oxygen atoms in total. The molecule has 2 heterocycles. The van der Waals surface area contributed by atoms with E-state index < -0.39 is 6.10 Å². The van der Waals surface area contributed by atoms with Gasteiger partial charge in [-0.1, -0.05) is 54.6 Å². The first-order valence-electron chi connectivity index (χ1n) is 12.2. The van der Waals surface area contributed by atoms with Gasteiger partial charge in [0, 0.05) is 38.9 Å². The van der Waals surface area contributed by atoms with Gasteiger partial charge in [0.15, 0.2) is 0 Å². The predicted octanol–water partition coefficient (Wildman–Crippen LogP) is 4.42. The maximum atomic E-state index is 10.7. The molecule has 1 aromatic heterocycles. The molecule has 1 aliphatic rings. The highest BCUT2D eigenvalue weighted by molar-refractivity contribution is 5.65. The lowest BCUT2D eigenvalue weighted by Gasteiger charge is -2.27. The zero-order valence-electron chi connectivity index (χ0n) is 20.4. The molecule has 0 radical (unpaired) electrons. The lowest BCUT2D eigenvalue weighted by Crippen LogP contribution is -2.39. The molecule has 7 heteroatoms. The number of aliphatic hydroxyl groups is 1. The third-order valence-electron chi connectivity index (χ3n) is 5.98. The molecule has 0 spiro atoms. The van der Waals surface area contributed by atoms with Gasteiger partial charge in [0.1, 0.15) is 11.4 Å². The second-order valence-electron chi connectivity index (χ2n) is 8.85. The monoisotopic (exact) mass is 477 g/mol. The fraction of sp³-hybridized carbons (Fsp3) is 0.393. The second-order valence-corrected chi connectivity index (χ2v) is 8.85. The molecule has 186 valence electrons. The SMILES string of the molecule is C=CCOCC(O)CN(Cc1c(-c2ccccc2)nn(C)c1Oc1ccccc1)CC1CCCO1. The van der Waals surface area contributed by atoms with E-state index in [1.165, 1.54) is 0 Å². The highest BCUT2D eigenvalue weighted by atomic mass is 16.5. The van der Waals surface area contributed by atoms with Crippen LogP contribution < -0.4 is 4.74 Å². The van der Waals surface area contributed by atoms with E-state index in [2.05, 4.69) is 23.6 Å².